The number of nitrogens with zero attached hydrogens (tertiary/aromatic N) is 2. The van der Waals surface area contributed by atoms with Crippen LogP contribution in [0.1, 0.15) is 18.1 Å². The molecule has 2 saturated heterocycles. The van der Waals surface area contributed by atoms with Crippen LogP contribution in [0.5, 0.6) is 0 Å². The van der Waals surface area contributed by atoms with Crippen LogP contribution in [0.2, 0.25) is 0 Å². The Kier molecular flexibility index (Phi) is 4.38. The Morgan fingerprint density at radius 3 is 2.65 bits per heavy atom. The number of ether oxygens (including phenoxy) is 1. The van der Waals surface area contributed by atoms with Gasteiger partial charge in [0, 0.05) is 30.7 Å². The van der Waals surface area contributed by atoms with Crippen molar-refractivity contribution in [3.05, 3.63) is 34.3 Å². The summed E-state index contributed by atoms with van der Waals surface area (Å²) in [6.07, 6.45) is 1.22. The molecule has 1 atom stereocenters. The number of hydrogen-bond acceptors (Lipinski definition) is 3. The van der Waals surface area contributed by atoms with Crippen molar-refractivity contribution >= 4 is 21.8 Å². The van der Waals surface area contributed by atoms with Crippen molar-refractivity contribution in [2.45, 2.75) is 12.5 Å². The molecular weight excluding hydrogens is 320 g/mol. The minimum absolute atomic E-state index is 0.0704. The highest BCUT2D eigenvalue weighted by atomic mass is 79.9. The topological polar surface area (TPSA) is 32.8 Å². The summed E-state index contributed by atoms with van der Waals surface area (Å²) in [7, 11) is 0. The fourth-order valence-electron chi connectivity index (χ4n) is 2.58. The molecule has 0 N–H and O–H groups in total. The van der Waals surface area contributed by atoms with Gasteiger partial charge in [-0.3, -0.25) is 9.69 Å². The lowest BCUT2D eigenvalue weighted by atomic mass is 10.1. The summed E-state index contributed by atoms with van der Waals surface area (Å²) < 4.78 is 6.91. The van der Waals surface area contributed by atoms with E-state index in [2.05, 4.69) is 33.0 Å². The molecule has 0 aliphatic carbocycles. The molecule has 5 heteroatoms. The van der Waals surface area contributed by atoms with Crippen LogP contribution < -0.4 is 0 Å². The van der Waals surface area contributed by atoms with E-state index >= 15 is 0 Å². The zero-order chi connectivity index (χ0) is 13.9. The number of morpholine rings is 1. The van der Waals surface area contributed by atoms with E-state index in [0.29, 0.717) is 13.2 Å². The molecule has 1 amide bonds. The number of likely N-dealkylation sites (tertiary alicyclic amines) is 1. The van der Waals surface area contributed by atoms with E-state index in [9.17, 15) is 4.79 Å². The first-order valence-corrected chi connectivity index (χ1v) is 7.89. The van der Waals surface area contributed by atoms with E-state index < -0.39 is 0 Å². The molecule has 4 nitrogen and oxygen atoms in total. The summed E-state index contributed by atoms with van der Waals surface area (Å²) >= 11 is 3.44. The van der Waals surface area contributed by atoms with Gasteiger partial charge in [0.2, 0.25) is 5.91 Å². The molecule has 0 radical (unpaired) electrons. The molecule has 2 aliphatic heterocycles. The van der Waals surface area contributed by atoms with Gasteiger partial charge in [-0.15, -0.1) is 0 Å². The van der Waals surface area contributed by atoms with E-state index in [0.717, 1.165) is 37.1 Å². The molecule has 1 aromatic rings. The smallest absolute Gasteiger partial charge is 0.236 e. The van der Waals surface area contributed by atoms with Gasteiger partial charge in [-0.05, 0) is 24.1 Å². The van der Waals surface area contributed by atoms with Gasteiger partial charge in [0.05, 0.1) is 19.3 Å². The summed E-state index contributed by atoms with van der Waals surface area (Å²) in [6.45, 7) is 4.71. The lowest BCUT2D eigenvalue weighted by Gasteiger charge is -2.36. The van der Waals surface area contributed by atoms with Gasteiger partial charge in [-0.2, -0.15) is 0 Å². The minimum Gasteiger partial charge on any atom is -0.371 e. The molecule has 2 fully saturated rings. The Hall–Kier alpha value is -0.910. The van der Waals surface area contributed by atoms with Crippen LogP contribution in [-0.4, -0.2) is 55.0 Å². The SMILES string of the molecule is O=C(CN1CCOC(c2ccc(Br)cc2)C1)N1CCC1. The zero-order valence-corrected chi connectivity index (χ0v) is 13.0. The summed E-state index contributed by atoms with van der Waals surface area (Å²) in [4.78, 5) is 16.2. The number of carbonyl (C=O) groups excluding carboxylic acids is 1. The summed E-state index contributed by atoms with van der Waals surface area (Å²) in [5.74, 6) is 0.257. The molecule has 2 heterocycles. The number of amides is 1. The zero-order valence-electron chi connectivity index (χ0n) is 11.4. The van der Waals surface area contributed by atoms with E-state index in [4.69, 9.17) is 4.74 Å². The summed E-state index contributed by atoms with van der Waals surface area (Å²) in [6, 6.07) is 8.22. The maximum absolute atomic E-state index is 12.0. The van der Waals surface area contributed by atoms with Crippen LogP contribution in [-0.2, 0) is 9.53 Å². The Labute approximate surface area is 127 Å². The van der Waals surface area contributed by atoms with Crippen molar-refractivity contribution in [1.82, 2.24) is 9.80 Å². The van der Waals surface area contributed by atoms with E-state index in [-0.39, 0.29) is 12.0 Å². The molecule has 0 spiro atoms. The van der Waals surface area contributed by atoms with E-state index in [1.165, 1.54) is 5.56 Å². The quantitative estimate of drug-likeness (QED) is 0.845. The van der Waals surface area contributed by atoms with E-state index in [1.807, 2.05) is 17.0 Å². The Morgan fingerprint density at radius 2 is 2.00 bits per heavy atom. The van der Waals surface area contributed by atoms with Crippen molar-refractivity contribution in [1.29, 1.82) is 0 Å². The van der Waals surface area contributed by atoms with Crippen molar-refractivity contribution in [3.63, 3.8) is 0 Å². The van der Waals surface area contributed by atoms with Crippen LogP contribution in [0.3, 0.4) is 0 Å². The van der Waals surface area contributed by atoms with Crippen molar-refractivity contribution < 1.29 is 9.53 Å². The fraction of sp³-hybridized carbons (Fsp3) is 0.533. The highest BCUT2D eigenvalue weighted by Gasteiger charge is 2.26. The average Bonchev–Trinajstić information content (AvgIpc) is 2.37. The van der Waals surface area contributed by atoms with Crippen LogP contribution in [0.25, 0.3) is 0 Å². The normalized spacial score (nSPS) is 23.4. The molecule has 3 rings (SSSR count). The standard InChI is InChI=1S/C15H19BrN2O2/c16-13-4-2-12(3-5-13)14-10-17(8-9-20-14)11-15(19)18-6-1-7-18/h2-5,14H,1,6-11H2. The number of carbonyl (C=O) groups is 1. The largest absolute Gasteiger partial charge is 0.371 e. The molecule has 2 aliphatic rings. The Balaban J connectivity index is 1.58. The molecule has 0 bridgehead atoms. The van der Waals surface area contributed by atoms with Crippen LogP contribution in [0, 0.1) is 0 Å². The van der Waals surface area contributed by atoms with Gasteiger partial charge in [-0.1, -0.05) is 28.1 Å². The number of halogens is 1. The highest BCUT2D eigenvalue weighted by molar-refractivity contribution is 9.10. The second-order valence-electron chi connectivity index (χ2n) is 5.38. The van der Waals surface area contributed by atoms with Gasteiger partial charge in [0.25, 0.3) is 0 Å². The van der Waals surface area contributed by atoms with Crippen LogP contribution in [0.15, 0.2) is 28.7 Å². The second-order valence-corrected chi connectivity index (χ2v) is 6.30. The maximum atomic E-state index is 12.0. The third kappa shape index (κ3) is 3.22. The van der Waals surface area contributed by atoms with E-state index in [1.54, 1.807) is 0 Å². The number of rotatable bonds is 3. The van der Waals surface area contributed by atoms with Crippen LogP contribution >= 0.6 is 15.9 Å². The molecule has 108 valence electrons. The molecule has 1 aromatic carbocycles. The Morgan fingerprint density at radius 1 is 1.25 bits per heavy atom. The van der Waals surface area contributed by atoms with Crippen LogP contribution in [0.4, 0.5) is 0 Å². The fourth-order valence-corrected chi connectivity index (χ4v) is 2.85. The lowest BCUT2D eigenvalue weighted by Crippen LogP contribution is -2.49. The monoisotopic (exact) mass is 338 g/mol. The third-order valence-corrected chi connectivity index (χ3v) is 4.49. The van der Waals surface area contributed by atoms with Gasteiger partial charge in [0.15, 0.2) is 0 Å². The van der Waals surface area contributed by atoms with Crippen molar-refractivity contribution in [3.8, 4) is 0 Å². The van der Waals surface area contributed by atoms with Gasteiger partial charge in [0.1, 0.15) is 0 Å². The van der Waals surface area contributed by atoms with Gasteiger partial charge < -0.3 is 9.64 Å². The van der Waals surface area contributed by atoms with Gasteiger partial charge in [-0.25, -0.2) is 0 Å². The van der Waals surface area contributed by atoms with Gasteiger partial charge >= 0.3 is 0 Å². The molecule has 0 saturated carbocycles. The molecule has 0 aromatic heterocycles. The minimum atomic E-state index is 0.0704. The van der Waals surface area contributed by atoms with Crippen molar-refractivity contribution in [2.24, 2.45) is 0 Å². The summed E-state index contributed by atoms with van der Waals surface area (Å²) in [5, 5.41) is 0. The Bertz CT molecular complexity index is 473. The first-order chi connectivity index (χ1) is 9.72. The lowest BCUT2D eigenvalue weighted by molar-refractivity contribution is -0.137. The first-order valence-electron chi connectivity index (χ1n) is 7.09. The first kappa shape index (κ1) is 14.0. The average molecular weight is 339 g/mol. The number of hydrogen-bond donors (Lipinski definition) is 0. The predicted molar refractivity (Wildman–Crippen MR) is 80.5 cm³/mol. The second kappa shape index (κ2) is 6.24. The third-order valence-electron chi connectivity index (χ3n) is 3.96. The summed E-state index contributed by atoms with van der Waals surface area (Å²) in [5.41, 5.74) is 1.18. The predicted octanol–water partition coefficient (Wildman–Crippen LogP) is 2.05. The molecule has 1 unspecified atom stereocenters. The van der Waals surface area contributed by atoms with Crippen molar-refractivity contribution in [2.75, 3.05) is 39.3 Å². The number of benzene rings is 1. The molecule has 20 heavy (non-hydrogen) atoms. The maximum Gasteiger partial charge on any atom is 0.236 e. The highest BCUT2D eigenvalue weighted by Crippen LogP contribution is 2.24. The molecular formula is C15H19BrN2O2.